The molecule has 0 aromatic carbocycles. The zero-order valence-electron chi connectivity index (χ0n) is 9.42. The van der Waals surface area contributed by atoms with E-state index in [2.05, 4.69) is 19.9 Å². The Balaban J connectivity index is 1.95. The van der Waals surface area contributed by atoms with Crippen molar-refractivity contribution in [2.45, 2.75) is 52.4 Å². The molecule has 0 amide bonds. The number of nitriles is 1. The van der Waals surface area contributed by atoms with Gasteiger partial charge in [-0.3, -0.25) is 0 Å². The summed E-state index contributed by atoms with van der Waals surface area (Å²) in [6.07, 6.45) is 7.57. The quantitative estimate of drug-likeness (QED) is 0.623. The van der Waals surface area contributed by atoms with Crippen molar-refractivity contribution in [3.05, 3.63) is 0 Å². The molecule has 0 spiro atoms. The van der Waals surface area contributed by atoms with Gasteiger partial charge in [-0.05, 0) is 55.3 Å². The Morgan fingerprint density at radius 2 is 2.14 bits per heavy atom. The van der Waals surface area contributed by atoms with Gasteiger partial charge in [0.1, 0.15) is 0 Å². The summed E-state index contributed by atoms with van der Waals surface area (Å²) < 4.78 is 0. The molecule has 1 heteroatoms. The molecule has 0 saturated heterocycles. The van der Waals surface area contributed by atoms with Crippen LogP contribution in [-0.4, -0.2) is 0 Å². The van der Waals surface area contributed by atoms with Crippen molar-refractivity contribution in [2.75, 3.05) is 0 Å². The summed E-state index contributed by atoms with van der Waals surface area (Å²) in [5.41, 5.74) is 0.568. The van der Waals surface area contributed by atoms with Gasteiger partial charge in [0, 0.05) is 6.42 Å². The number of fused-ring (bicyclic) bond motifs is 2. The maximum Gasteiger partial charge on any atom is 0.0621 e. The molecule has 0 N–H and O–H groups in total. The molecule has 2 saturated carbocycles. The lowest BCUT2D eigenvalue weighted by atomic mass is 9.67. The Labute approximate surface area is 87.5 Å². The SMILES string of the molecule is CC1(C)[C@H]2CC[C@@H](C2)[C@@H]1CCCC#N. The molecule has 78 valence electrons. The van der Waals surface area contributed by atoms with Crippen LogP contribution < -0.4 is 0 Å². The minimum Gasteiger partial charge on any atom is -0.198 e. The van der Waals surface area contributed by atoms with Crippen LogP contribution in [0.3, 0.4) is 0 Å². The van der Waals surface area contributed by atoms with Gasteiger partial charge in [-0.15, -0.1) is 0 Å². The van der Waals surface area contributed by atoms with E-state index in [0.29, 0.717) is 5.41 Å². The Kier molecular flexibility index (Phi) is 2.56. The van der Waals surface area contributed by atoms with Crippen LogP contribution in [0.1, 0.15) is 52.4 Å². The first-order chi connectivity index (χ1) is 6.66. The van der Waals surface area contributed by atoms with Gasteiger partial charge in [0.25, 0.3) is 0 Å². The van der Waals surface area contributed by atoms with Crippen LogP contribution in [0.2, 0.25) is 0 Å². The average molecular weight is 191 g/mol. The van der Waals surface area contributed by atoms with Gasteiger partial charge in [0.05, 0.1) is 6.07 Å². The zero-order valence-corrected chi connectivity index (χ0v) is 9.42. The largest absolute Gasteiger partial charge is 0.198 e. The van der Waals surface area contributed by atoms with Crippen LogP contribution in [0.5, 0.6) is 0 Å². The van der Waals surface area contributed by atoms with Gasteiger partial charge in [-0.25, -0.2) is 0 Å². The molecule has 0 radical (unpaired) electrons. The van der Waals surface area contributed by atoms with Crippen molar-refractivity contribution in [3.8, 4) is 6.07 Å². The van der Waals surface area contributed by atoms with E-state index in [-0.39, 0.29) is 0 Å². The molecule has 0 aliphatic heterocycles. The molecule has 14 heavy (non-hydrogen) atoms. The Morgan fingerprint density at radius 3 is 2.71 bits per heavy atom. The highest BCUT2D eigenvalue weighted by atomic mass is 14.6. The molecule has 2 fully saturated rings. The third-order valence-corrected chi connectivity index (χ3v) is 4.85. The molecule has 2 bridgehead atoms. The summed E-state index contributed by atoms with van der Waals surface area (Å²) in [6.45, 7) is 4.90. The zero-order chi connectivity index (χ0) is 10.2. The molecule has 2 aliphatic carbocycles. The summed E-state index contributed by atoms with van der Waals surface area (Å²) in [5, 5.41) is 8.55. The number of hydrogen-bond donors (Lipinski definition) is 0. The van der Waals surface area contributed by atoms with Crippen molar-refractivity contribution < 1.29 is 0 Å². The maximum absolute atomic E-state index is 8.55. The molecular formula is C13H21N. The van der Waals surface area contributed by atoms with E-state index in [1.807, 2.05) is 0 Å². The number of hydrogen-bond acceptors (Lipinski definition) is 1. The van der Waals surface area contributed by atoms with E-state index < -0.39 is 0 Å². The minimum absolute atomic E-state index is 0.568. The van der Waals surface area contributed by atoms with Gasteiger partial charge >= 0.3 is 0 Å². The fourth-order valence-electron chi connectivity index (χ4n) is 3.98. The molecule has 1 nitrogen and oxygen atoms in total. The van der Waals surface area contributed by atoms with Gasteiger partial charge in [-0.1, -0.05) is 13.8 Å². The summed E-state index contributed by atoms with van der Waals surface area (Å²) in [4.78, 5) is 0. The van der Waals surface area contributed by atoms with Crippen LogP contribution in [0, 0.1) is 34.5 Å². The second-order valence-corrected chi connectivity index (χ2v) is 5.75. The number of nitrogens with zero attached hydrogens (tertiary/aromatic N) is 1. The van der Waals surface area contributed by atoms with Crippen molar-refractivity contribution in [1.82, 2.24) is 0 Å². The van der Waals surface area contributed by atoms with Gasteiger partial charge in [0.15, 0.2) is 0 Å². The fourth-order valence-corrected chi connectivity index (χ4v) is 3.98. The van der Waals surface area contributed by atoms with Crippen LogP contribution in [0.4, 0.5) is 0 Å². The van der Waals surface area contributed by atoms with Crippen LogP contribution in [0.15, 0.2) is 0 Å². The van der Waals surface area contributed by atoms with E-state index in [1.165, 1.54) is 25.7 Å². The van der Waals surface area contributed by atoms with E-state index in [0.717, 1.165) is 30.6 Å². The third-order valence-electron chi connectivity index (χ3n) is 4.85. The fraction of sp³-hybridized carbons (Fsp3) is 0.923. The Morgan fingerprint density at radius 1 is 1.36 bits per heavy atom. The molecule has 3 atom stereocenters. The monoisotopic (exact) mass is 191 g/mol. The average Bonchev–Trinajstić information content (AvgIpc) is 2.67. The highest BCUT2D eigenvalue weighted by molar-refractivity contribution is 5.01. The van der Waals surface area contributed by atoms with E-state index in [9.17, 15) is 0 Å². The van der Waals surface area contributed by atoms with Crippen molar-refractivity contribution in [3.63, 3.8) is 0 Å². The lowest BCUT2D eigenvalue weighted by molar-refractivity contribution is 0.113. The molecule has 2 rings (SSSR count). The number of unbranched alkanes of at least 4 members (excludes halogenated alkanes) is 1. The summed E-state index contributed by atoms with van der Waals surface area (Å²) in [6, 6.07) is 2.26. The first-order valence-electron chi connectivity index (χ1n) is 6.03. The predicted molar refractivity (Wildman–Crippen MR) is 57.6 cm³/mol. The number of rotatable bonds is 3. The summed E-state index contributed by atoms with van der Waals surface area (Å²) >= 11 is 0. The van der Waals surface area contributed by atoms with Crippen molar-refractivity contribution >= 4 is 0 Å². The maximum atomic E-state index is 8.55. The van der Waals surface area contributed by atoms with Gasteiger partial charge in [0.2, 0.25) is 0 Å². The lowest BCUT2D eigenvalue weighted by Gasteiger charge is -2.38. The predicted octanol–water partition coefficient (Wildman–Crippen LogP) is 3.75. The van der Waals surface area contributed by atoms with E-state index in [4.69, 9.17) is 5.26 Å². The molecule has 0 aromatic rings. The van der Waals surface area contributed by atoms with Crippen molar-refractivity contribution in [2.24, 2.45) is 23.2 Å². The smallest absolute Gasteiger partial charge is 0.0621 e. The third kappa shape index (κ3) is 1.45. The summed E-state index contributed by atoms with van der Waals surface area (Å²) in [5.74, 6) is 2.89. The molecule has 2 aliphatic rings. The van der Waals surface area contributed by atoms with Crippen molar-refractivity contribution in [1.29, 1.82) is 5.26 Å². The standard InChI is InChI=1S/C13H21N/c1-13(2)11-7-6-10(9-11)12(13)5-3-4-8-14/h10-12H,3-7,9H2,1-2H3/t10-,11-,12-/m0/s1. The molecular weight excluding hydrogens is 170 g/mol. The van der Waals surface area contributed by atoms with Crippen LogP contribution in [0.25, 0.3) is 0 Å². The summed E-state index contributed by atoms with van der Waals surface area (Å²) in [7, 11) is 0. The highest BCUT2D eigenvalue weighted by Gasteiger charge is 2.51. The lowest BCUT2D eigenvalue weighted by Crippen LogP contribution is -2.30. The molecule has 0 aromatic heterocycles. The Bertz CT molecular complexity index is 248. The Hall–Kier alpha value is -0.510. The second kappa shape index (κ2) is 3.57. The van der Waals surface area contributed by atoms with E-state index >= 15 is 0 Å². The minimum atomic E-state index is 0.568. The van der Waals surface area contributed by atoms with Gasteiger partial charge in [-0.2, -0.15) is 5.26 Å². The molecule has 0 heterocycles. The normalized spacial score (nSPS) is 38.5. The molecule has 0 unspecified atom stereocenters. The first-order valence-corrected chi connectivity index (χ1v) is 6.03. The van der Waals surface area contributed by atoms with Gasteiger partial charge < -0.3 is 0 Å². The topological polar surface area (TPSA) is 23.8 Å². The highest BCUT2D eigenvalue weighted by Crippen LogP contribution is 2.60. The van der Waals surface area contributed by atoms with Crippen LogP contribution >= 0.6 is 0 Å². The van der Waals surface area contributed by atoms with E-state index in [1.54, 1.807) is 0 Å². The second-order valence-electron chi connectivity index (χ2n) is 5.75. The van der Waals surface area contributed by atoms with Crippen LogP contribution in [-0.2, 0) is 0 Å². The first kappa shape index (κ1) is 10.0.